The maximum Gasteiger partial charge on any atom is 0.258 e. The van der Waals surface area contributed by atoms with Crippen LogP contribution in [0.5, 0.6) is 11.6 Å². The molecule has 2 aromatic rings. The van der Waals surface area contributed by atoms with Crippen molar-refractivity contribution in [1.29, 1.82) is 0 Å². The van der Waals surface area contributed by atoms with Gasteiger partial charge in [0, 0.05) is 12.6 Å². The predicted molar refractivity (Wildman–Crippen MR) is 64.8 cm³/mol. The Morgan fingerprint density at radius 3 is 2.53 bits per heavy atom. The van der Waals surface area contributed by atoms with Crippen LogP contribution in [-0.2, 0) is 0 Å². The summed E-state index contributed by atoms with van der Waals surface area (Å²) in [6.45, 7) is 2.15. The van der Waals surface area contributed by atoms with Crippen LogP contribution in [0, 0.1) is 17.5 Å². The summed E-state index contributed by atoms with van der Waals surface area (Å²) >= 11 is 0. The minimum atomic E-state index is -0.998. The molecule has 0 atom stereocenters. The van der Waals surface area contributed by atoms with Crippen molar-refractivity contribution in [3.8, 4) is 11.6 Å². The molecule has 0 radical (unpaired) electrons. The van der Waals surface area contributed by atoms with Gasteiger partial charge in [-0.15, -0.1) is 0 Å². The van der Waals surface area contributed by atoms with E-state index >= 15 is 0 Å². The molecule has 0 aliphatic carbocycles. The van der Waals surface area contributed by atoms with Crippen molar-refractivity contribution < 1.29 is 17.9 Å². The maximum absolute atomic E-state index is 13.5. The summed E-state index contributed by atoms with van der Waals surface area (Å²) in [5.41, 5.74) is 0. The zero-order valence-electron chi connectivity index (χ0n) is 10.1. The number of hydrogen-bond acceptors (Lipinski definition) is 3. The van der Waals surface area contributed by atoms with E-state index in [2.05, 4.69) is 10.3 Å². The number of rotatable bonds is 4. The van der Waals surface area contributed by atoms with Crippen LogP contribution in [0.15, 0.2) is 30.3 Å². The molecule has 1 N–H and O–H groups in total. The number of nitrogens with zero attached hydrogens (tertiary/aromatic N) is 1. The summed E-state index contributed by atoms with van der Waals surface area (Å²) in [5, 5.41) is 2.62. The zero-order chi connectivity index (χ0) is 13.8. The van der Waals surface area contributed by atoms with Gasteiger partial charge in [0.1, 0.15) is 0 Å². The Kier molecular flexibility index (Phi) is 3.89. The molecule has 1 aromatic carbocycles. The van der Waals surface area contributed by atoms with Crippen molar-refractivity contribution in [2.75, 3.05) is 11.9 Å². The lowest BCUT2D eigenvalue weighted by atomic mass is 10.3. The van der Waals surface area contributed by atoms with Gasteiger partial charge in [0.2, 0.25) is 0 Å². The fourth-order valence-corrected chi connectivity index (χ4v) is 1.44. The second kappa shape index (κ2) is 5.60. The number of halogens is 3. The molecule has 1 heterocycles. The van der Waals surface area contributed by atoms with Gasteiger partial charge in [-0.3, -0.25) is 0 Å². The molecule has 0 amide bonds. The summed E-state index contributed by atoms with van der Waals surface area (Å²) in [5.74, 6) is -3.29. The van der Waals surface area contributed by atoms with Gasteiger partial charge in [-0.05, 0) is 19.1 Å². The van der Waals surface area contributed by atoms with Gasteiger partial charge in [-0.1, -0.05) is 12.1 Å². The molecule has 0 aliphatic heterocycles. The van der Waals surface area contributed by atoms with Crippen LogP contribution in [-0.4, -0.2) is 11.5 Å². The first-order valence-electron chi connectivity index (χ1n) is 5.64. The molecule has 1 aromatic heterocycles. The average molecular weight is 268 g/mol. The molecular weight excluding hydrogens is 257 g/mol. The fourth-order valence-electron chi connectivity index (χ4n) is 1.44. The molecule has 6 heteroatoms. The lowest BCUT2D eigenvalue weighted by molar-refractivity contribution is 0.395. The van der Waals surface area contributed by atoms with Gasteiger partial charge in [-0.25, -0.2) is 13.2 Å². The lowest BCUT2D eigenvalue weighted by Gasteiger charge is -2.09. The smallest absolute Gasteiger partial charge is 0.258 e. The largest absolute Gasteiger partial charge is 0.433 e. The first-order chi connectivity index (χ1) is 9.11. The van der Waals surface area contributed by atoms with Crippen LogP contribution in [0.25, 0.3) is 0 Å². The maximum atomic E-state index is 13.5. The van der Waals surface area contributed by atoms with E-state index in [9.17, 15) is 13.2 Å². The molecule has 0 bridgehead atoms. The first-order valence-corrected chi connectivity index (χ1v) is 5.64. The first kappa shape index (κ1) is 13.2. The third-order valence-electron chi connectivity index (χ3n) is 2.28. The van der Waals surface area contributed by atoms with E-state index in [0.717, 1.165) is 0 Å². The van der Waals surface area contributed by atoms with E-state index in [1.54, 1.807) is 6.92 Å². The summed E-state index contributed by atoms with van der Waals surface area (Å²) in [7, 11) is 0. The summed E-state index contributed by atoms with van der Waals surface area (Å²) < 4.78 is 45.2. The minimum Gasteiger partial charge on any atom is -0.433 e. The van der Waals surface area contributed by atoms with Crippen molar-refractivity contribution in [2.45, 2.75) is 6.92 Å². The number of pyridine rings is 1. The van der Waals surface area contributed by atoms with Gasteiger partial charge in [0.15, 0.2) is 29.0 Å². The van der Waals surface area contributed by atoms with Crippen molar-refractivity contribution in [1.82, 2.24) is 4.98 Å². The Bertz CT molecular complexity index is 590. The van der Waals surface area contributed by atoms with E-state index < -0.39 is 23.3 Å². The second-order valence-electron chi connectivity index (χ2n) is 3.67. The van der Waals surface area contributed by atoms with Gasteiger partial charge < -0.3 is 10.1 Å². The molecule has 0 spiro atoms. The number of ether oxygens (including phenoxy) is 1. The Labute approximate surface area is 108 Å². The molecular formula is C13H11F3N2O. The van der Waals surface area contributed by atoms with Crippen molar-refractivity contribution in [3.63, 3.8) is 0 Å². The number of para-hydroxylation sites is 1. The van der Waals surface area contributed by atoms with Crippen LogP contribution < -0.4 is 10.1 Å². The van der Waals surface area contributed by atoms with E-state index in [4.69, 9.17) is 4.74 Å². The Balaban J connectivity index is 2.34. The Morgan fingerprint density at radius 1 is 1.11 bits per heavy atom. The fraction of sp³-hybridized carbons (Fsp3) is 0.154. The van der Waals surface area contributed by atoms with E-state index in [-0.39, 0.29) is 11.6 Å². The van der Waals surface area contributed by atoms with E-state index in [1.807, 2.05) is 0 Å². The summed E-state index contributed by atoms with van der Waals surface area (Å²) in [6, 6.07) is 6.14. The number of nitrogens with one attached hydrogen (secondary N) is 1. The summed E-state index contributed by atoms with van der Waals surface area (Å²) in [6.07, 6.45) is 0. The number of benzene rings is 1. The SMILES string of the molecule is CCNc1nc(Oc2ccccc2F)c(F)cc1F. The van der Waals surface area contributed by atoms with Gasteiger partial charge >= 0.3 is 0 Å². The highest BCUT2D eigenvalue weighted by Crippen LogP contribution is 2.27. The Morgan fingerprint density at radius 2 is 1.84 bits per heavy atom. The van der Waals surface area contributed by atoms with Crippen LogP contribution in [0.4, 0.5) is 19.0 Å². The van der Waals surface area contributed by atoms with Crippen LogP contribution in [0.3, 0.4) is 0 Å². The van der Waals surface area contributed by atoms with E-state index in [0.29, 0.717) is 12.6 Å². The molecule has 2 rings (SSSR count). The summed E-state index contributed by atoms with van der Waals surface area (Å²) in [4.78, 5) is 3.65. The van der Waals surface area contributed by atoms with Crippen LogP contribution >= 0.6 is 0 Å². The average Bonchev–Trinajstić information content (AvgIpc) is 2.38. The number of aromatic nitrogens is 1. The standard InChI is InChI=1S/C13H11F3N2O/c1-2-17-12-9(15)7-10(16)13(18-12)19-11-6-4-3-5-8(11)14/h3-7H,2H2,1H3,(H,17,18). The monoisotopic (exact) mass is 268 g/mol. The highest BCUT2D eigenvalue weighted by Gasteiger charge is 2.14. The topological polar surface area (TPSA) is 34.2 Å². The predicted octanol–water partition coefficient (Wildman–Crippen LogP) is 3.72. The number of hydrogen-bond donors (Lipinski definition) is 1. The molecule has 0 saturated carbocycles. The lowest BCUT2D eigenvalue weighted by Crippen LogP contribution is -2.05. The van der Waals surface area contributed by atoms with Gasteiger partial charge in [-0.2, -0.15) is 4.98 Å². The quantitative estimate of drug-likeness (QED) is 0.917. The van der Waals surface area contributed by atoms with Crippen LogP contribution in [0.1, 0.15) is 6.92 Å². The van der Waals surface area contributed by atoms with Crippen molar-refractivity contribution in [3.05, 3.63) is 47.8 Å². The van der Waals surface area contributed by atoms with Gasteiger partial charge in [0.25, 0.3) is 5.88 Å². The zero-order valence-corrected chi connectivity index (χ0v) is 10.1. The van der Waals surface area contributed by atoms with E-state index in [1.165, 1.54) is 24.3 Å². The minimum absolute atomic E-state index is 0.143. The third-order valence-corrected chi connectivity index (χ3v) is 2.28. The highest BCUT2D eigenvalue weighted by atomic mass is 19.1. The molecule has 0 fully saturated rings. The molecule has 3 nitrogen and oxygen atoms in total. The number of anilines is 1. The molecule has 19 heavy (non-hydrogen) atoms. The molecule has 0 saturated heterocycles. The molecule has 100 valence electrons. The molecule has 0 unspecified atom stereocenters. The second-order valence-corrected chi connectivity index (χ2v) is 3.67. The normalized spacial score (nSPS) is 10.3. The van der Waals surface area contributed by atoms with Gasteiger partial charge in [0.05, 0.1) is 0 Å². The third kappa shape index (κ3) is 2.96. The van der Waals surface area contributed by atoms with Crippen molar-refractivity contribution >= 4 is 5.82 Å². The Hall–Kier alpha value is -2.24. The van der Waals surface area contributed by atoms with Crippen molar-refractivity contribution in [2.24, 2.45) is 0 Å². The molecule has 0 aliphatic rings. The van der Waals surface area contributed by atoms with Crippen LogP contribution in [0.2, 0.25) is 0 Å². The highest BCUT2D eigenvalue weighted by molar-refractivity contribution is 5.41.